The van der Waals surface area contributed by atoms with Gasteiger partial charge in [-0.3, -0.25) is 0 Å². The molecule has 5 heteroatoms. The van der Waals surface area contributed by atoms with Crippen LogP contribution in [0.5, 0.6) is 5.75 Å². The number of aromatic nitrogens is 1. The van der Waals surface area contributed by atoms with Gasteiger partial charge in [0.15, 0.2) is 5.82 Å². The molecule has 0 saturated heterocycles. The van der Waals surface area contributed by atoms with Gasteiger partial charge in [-0.25, -0.2) is 4.99 Å². The fourth-order valence-electron chi connectivity index (χ4n) is 2.84. The first kappa shape index (κ1) is 17.6. The van der Waals surface area contributed by atoms with E-state index in [-0.39, 0.29) is 0 Å². The second kappa shape index (κ2) is 7.32. The van der Waals surface area contributed by atoms with E-state index < -0.39 is 0 Å². The minimum Gasteiger partial charge on any atom is -0.497 e. The fraction of sp³-hybridized carbons (Fsp3) is 0.238. The number of aliphatic imine (C=N–C) groups is 1. The molecule has 0 aliphatic heterocycles. The topological polar surface area (TPSA) is 53.5 Å². The molecule has 0 aliphatic carbocycles. The predicted molar refractivity (Wildman–Crippen MR) is 105 cm³/mol. The molecule has 0 aliphatic rings. The first-order valence-electron chi connectivity index (χ1n) is 8.42. The third-order valence-corrected chi connectivity index (χ3v) is 4.47. The Kier molecular flexibility index (Phi) is 4.94. The summed E-state index contributed by atoms with van der Waals surface area (Å²) >= 11 is 0. The van der Waals surface area contributed by atoms with Crippen molar-refractivity contribution in [1.82, 2.24) is 9.47 Å². The monoisotopic (exact) mass is 346 g/mol. The summed E-state index contributed by atoms with van der Waals surface area (Å²) in [6.07, 6.45) is 0. The van der Waals surface area contributed by atoms with E-state index in [2.05, 4.69) is 10.6 Å². The number of para-hydroxylation sites is 1. The molecule has 1 aromatic heterocycles. The van der Waals surface area contributed by atoms with Crippen molar-refractivity contribution < 1.29 is 4.74 Å². The molecule has 3 aromatic rings. The van der Waals surface area contributed by atoms with Gasteiger partial charge in [-0.15, -0.1) is 0 Å². The average molecular weight is 346 g/mol. The zero-order chi connectivity index (χ0) is 18.7. The van der Waals surface area contributed by atoms with Crippen LogP contribution in [0.15, 0.2) is 53.5 Å². The highest BCUT2D eigenvalue weighted by Crippen LogP contribution is 2.33. The number of nitriles is 1. The lowest BCUT2D eigenvalue weighted by Crippen LogP contribution is -2.18. The molecular weight excluding hydrogens is 324 g/mol. The molecule has 0 atom stereocenters. The second-order valence-corrected chi connectivity index (χ2v) is 6.32. The Morgan fingerprint density at radius 3 is 2.46 bits per heavy atom. The second-order valence-electron chi connectivity index (χ2n) is 6.32. The maximum atomic E-state index is 9.75. The molecule has 132 valence electrons. The van der Waals surface area contributed by atoms with Crippen LogP contribution in [-0.4, -0.2) is 36.5 Å². The number of methoxy groups -OCH3 is 1. The first-order chi connectivity index (χ1) is 12.5. The normalized spacial score (nSPS) is 11.4. The van der Waals surface area contributed by atoms with Gasteiger partial charge in [0.2, 0.25) is 0 Å². The van der Waals surface area contributed by atoms with E-state index >= 15 is 0 Å². The van der Waals surface area contributed by atoms with Gasteiger partial charge in [0.05, 0.1) is 12.6 Å². The number of benzene rings is 2. The minimum absolute atomic E-state index is 0.607. The molecule has 26 heavy (non-hydrogen) atoms. The number of hydrogen-bond donors (Lipinski definition) is 0. The van der Waals surface area contributed by atoms with Crippen LogP contribution in [0.25, 0.3) is 10.9 Å². The molecular formula is C21H22N4O. The number of rotatable bonds is 4. The molecule has 5 nitrogen and oxygen atoms in total. The van der Waals surface area contributed by atoms with Crippen LogP contribution in [0.1, 0.15) is 18.1 Å². The number of hydrogen-bond acceptors (Lipinski definition) is 3. The molecule has 0 saturated carbocycles. The summed E-state index contributed by atoms with van der Waals surface area (Å²) in [7, 11) is 5.55. The standard InChI is InChI=1S/C21H22N4O/c1-15(24(2)3)23-21-19(13-22)18-7-5-6-8-20(18)25(21)14-16-9-11-17(26-4)12-10-16/h5-12H,14H2,1-4H3/b23-15+. The average Bonchev–Trinajstić information content (AvgIpc) is 2.95. The fourth-order valence-corrected chi connectivity index (χ4v) is 2.84. The lowest BCUT2D eigenvalue weighted by Gasteiger charge is -2.13. The zero-order valence-electron chi connectivity index (χ0n) is 15.5. The van der Waals surface area contributed by atoms with Crippen molar-refractivity contribution >= 4 is 22.6 Å². The van der Waals surface area contributed by atoms with Gasteiger partial charge in [-0.1, -0.05) is 30.3 Å². The third-order valence-electron chi connectivity index (χ3n) is 4.47. The summed E-state index contributed by atoms with van der Waals surface area (Å²) in [5.74, 6) is 2.36. The van der Waals surface area contributed by atoms with Crippen molar-refractivity contribution in [2.24, 2.45) is 4.99 Å². The van der Waals surface area contributed by atoms with E-state index in [4.69, 9.17) is 9.73 Å². The number of fused-ring (bicyclic) bond motifs is 1. The van der Waals surface area contributed by atoms with Crippen LogP contribution in [0.2, 0.25) is 0 Å². The Balaban J connectivity index is 2.18. The Hall–Kier alpha value is -3.26. The summed E-state index contributed by atoms with van der Waals surface area (Å²) in [6.45, 7) is 2.57. The Bertz CT molecular complexity index is 991. The van der Waals surface area contributed by atoms with Gasteiger partial charge in [0.25, 0.3) is 0 Å². The largest absolute Gasteiger partial charge is 0.497 e. The smallest absolute Gasteiger partial charge is 0.154 e. The Morgan fingerprint density at radius 2 is 1.85 bits per heavy atom. The first-order valence-corrected chi connectivity index (χ1v) is 8.42. The minimum atomic E-state index is 0.607. The molecule has 0 unspecified atom stereocenters. The van der Waals surface area contributed by atoms with Crippen molar-refractivity contribution in [1.29, 1.82) is 5.26 Å². The predicted octanol–water partition coefficient (Wildman–Crippen LogP) is 4.18. The van der Waals surface area contributed by atoms with Gasteiger partial charge in [0, 0.05) is 26.0 Å². The summed E-state index contributed by atoms with van der Waals surface area (Å²) in [5, 5.41) is 10.7. The van der Waals surface area contributed by atoms with Gasteiger partial charge in [0.1, 0.15) is 23.2 Å². The van der Waals surface area contributed by atoms with Crippen molar-refractivity contribution in [2.45, 2.75) is 13.5 Å². The van der Waals surface area contributed by atoms with E-state index in [1.165, 1.54) is 0 Å². The van der Waals surface area contributed by atoms with E-state index in [1.807, 2.05) is 74.4 Å². The van der Waals surface area contributed by atoms with Gasteiger partial charge >= 0.3 is 0 Å². The number of ether oxygens (including phenoxy) is 1. The van der Waals surface area contributed by atoms with Crippen LogP contribution in [0, 0.1) is 11.3 Å². The van der Waals surface area contributed by atoms with Crippen LogP contribution in [-0.2, 0) is 6.54 Å². The Labute approximate surface area is 153 Å². The van der Waals surface area contributed by atoms with Crippen molar-refractivity contribution in [3.05, 3.63) is 59.7 Å². The highest BCUT2D eigenvalue weighted by Gasteiger charge is 2.17. The summed E-state index contributed by atoms with van der Waals surface area (Å²) < 4.78 is 7.34. The molecule has 0 N–H and O–H groups in total. The molecule has 0 spiro atoms. The molecule has 3 rings (SSSR count). The molecule has 1 heterocycles. The highest BCUT2D eigenvalue weighted by atomic mass is 16.5. The van der Waals surface area contributed by atoms with Crippen LogP contribution < -0.4 is 4.74 Å². The van der Waals surface area contributed by atoms with E-state index in [1.54, 1.807) is 7.11 Å². The molecule has 0 amide bonds. The maximum absolute atomic E-state index is 9.75. The SMILES string of the molecule is COc1ccc(Cn2c(/N=C(\C)N(C)C)c(C#N)c3ccccc32)cc1. The van der Waals surface area contributed by atoms with Gasteiger partial charge < -0.3 is 14.2 Å². The lowest BCUT2D eigenvalue weighted by atomic mass is 10.2. The zero-order valence-corrected chi connectivity index (χ0v) is 15.5. The summed E-state index contributed by atoms with van der Waals surface area (Å²) in [5.41, 5.74) is 2.73. The number of amidine groups is 1. The molecule has 0 bridgehead atoms. The van der Waals surface area contributed by atoms with Crippen molar-refractivity contribution in [3.63, 3.8) is 0 Å². The maximum Gasteiger partial charge on any atom is 0.154 e. The highest BCUT2D eigenvalue weighted by molar-refractivity contribution is 5.94. The lowest BCUT2D eigenvalue weighted by molar-refractivity contribution is 0.414. The van der Waals surface area contributed by atoms with Crippen LogP contribution in [0.3, 0.4) is 0 Å². The van der Waals surface area contributed by atoms with E-state index in [0.29, 0.717) is 17.9 Å². The molecule has 0 fully saturated rings. The van der Waals surface area contributed by atoms with Crippen molar-refractivity contribution in [3.8, 4) is 11.8 Å². The molecule has 0 radical (unpaired) electrons. The van der Waals surface area contributed by atoms with Gasteiger partial charge in [-0.05, 0) is 30.7 Å². The van der Waals surface area contributed by atoms with E-state index in [9.17, 15) is 5.26 Å². The molecule has 2 aromatic carbocycles. The van der Waals surface area contributed by atoms with Gasteiger partial charge in [-0.2, -0.15) is 5.26 Å². The van der Waals surface area contributed by atoms with Crippen LogP contribution >= 0.6 is 0 Å². The number of nitrogens with zero attached hydrogens (tertiary/aromatic N) is 4. The summed E-state index contributed by atoms with van der Waals surface area (Å²) in [6, 6.07) is 18.2. The van der Waals surface area contributed by atoms with Crippen molar-refractivity contribution in [2.75, 3.05) is 21.2 Å². The summed E-state index contributed by atoms with van der Waals surface area (Å²) in [4.78, 5) is 6.70. The third kappa shape index (κ3) is 3.27. The van der Waals surface area contributed by atoms with Crippen LogP contribution in [0.4, 0.5) is 5.82 Å². The Morgan fingerprint density at radius 1 is 1.15 bits per heavy atom. The quantitative estimate of drug-likeness (QED) is 0.526. The van der Waals surface area contributed by atoms with E-state index in [0.717, 1.165) is 28.1 Å².